The Morgan fingerprint density at radius 1 is 1.03 bits per heavy atom. The van der Waals surface area contributed by atoms with E-state index in [1.165, 1.54) is 5.56 Å². The fourth-order valence-corrected chi connectivity index (χ4v) is 4.30. The number of rotatable bonds is 9. The molecule has 1 aromatic heterocycles. The Morgan fingerprint density at radius 3 is 2.15 bits per heavy atom. The molecule has 8 nitrogen and oxygen atoms in total. The number of nitrogens with zero attached hydrogens (tertiary/aromatic N) is 6. The zero-order valence-corrected chi connectivity index (χ0v) is 22.2. The van der Waals surface area contributed by atoms with Crippen LogP contribution in [0.5, 0.6) is 5.75 Å². The van der Waals surface area contributed by atoms with Gasteiger partial charge in [0.1, 0.15) is 11.3 Å². The maximum absolute atomic E-state index is 13.8. The van der Waals surface area contributed by atoms with Crippen molar-refractivity contribution in [2.75, 3.05) is 40.1 Å². The fourth-order valence-electron chi connectivity index (χ4n) is 4.30. The summed E-state index contributed by atoms with van der Waals surface area (Å²) < 4.78 is 53.3. The molecule has 0 unspecified atom stereocenters. The summed E-state index contributed by atoms with van der Waals surface area (Å²) in [6.07, 6.45) is -2.96. The lowest BCUT2D eigenvalue weighted by Crippen LogP contribution is -2.40. The Kier molecular flexibility index (Phi) is 9.36. The van der Waals surface area contributed by atoms with Gasteiger partial charge in [0.2, 0.25) is 5.96 Å². The number of halogens is 3. The second-order valence-electron chi connectivity index (χ2n) is 9.15. The van der Waals surface area contributed by atoms with E-state index in [0.29, 0.717) is 45.1 Å². The van der Waals surface area contributed by atoms with E-state index in [1.54, 1.807) is 7.11 Å². The first-order chi connectivity index (χ1) is 18.8. The van der Waals surface area contributed by atoms with Crippen molar-refractivity contribution < 1.29 is 22.6 Å². The van der Waals surface area contributed by atoms with Gasteiger partial charge >= 0.3 is 6.18 Å². The van der Waals surface area contributed by atoms with Crippen LogP contribution in [0.3, 0.4) is 0 Å². The van der Waals surface area contributed by atoms with Crippen molar-refractivity contribution in [1.82, 2.24) is 19.6 Å². The first-order valence-electron chi connectivity index (χ1n) is 12.7. The number of morpholine rings is 1. The third-order valence-corrected chi connectivity index (χ3v) is 6.52. The maximum Gasteiger partial charge on any atom is 0.421 e. The van der Waals surface area contributed by atoms with Crippen LogP contribution in [-0.4, -0.2) is 72.3 Å². The van der Waals surface area contributed by atoms with Gasteiger partial charge in [-0.25, -0.2) is 9.98 Å². The SMILES string of the molecule is C=Nc1c(C(F)(F)F)cnn1C(=NCN1CCOCC1)N(Cc1ccc(CC)cc1)Cc1ccc(OC)cc1. The molecule has 1 fully saturated rings. The van der Waals surface area contributed by atoms with Gasteiger partial charge in [-0.15, -0.1) is 0 Å². The van der Waals surface area contributed by atoms with Crippen molar-refractivity contribution in [3.8, 4) is 5.75 Å². The summed E-state index contributed by atoms with van der Waals surface area (Å²) in [5, 5.41) is 4.10. The van der Waals surface area contributed by atoms with Gasteiger partial charge in [-0.3, -0.25) is 4.90 Å². The van der Waals surface area contributed by atoms with Gasteiger partial charge in [-0.1, -0.05) is 43.3 Å². The Balaban J connectivity index is 1.78. The lowest BCUT2D eigenvalue weighted by molar-refractivity contribution is -0.137. The number of alkyl halides is 3. The van der Waals surface area contributed by atoms with E-state index in [0.717, 1.165) is 28.4 Å². The molecule has 2 heterocycles. The van der Waals surface area contributed by atoms with E-state index >= 15 is 0 Å². The van der Waals surface area contributed by atoms with Crippen LogP contribution in [0.1, 0.15) is 29.2 Å². The highest BCUT2D eigenvalue weighted by atomic mass is 19.4. The summed E-state index contributed by atoms with van der Waals surface area (Å²) in [4.78, 5) is 12.5. The fraction of sp³-hybridized carbons (Fsp3) is 0.393. The molecule has 0 amide bonds. The van der Waals surface area contributed by atoms with Crippen LogP contribution in [0.4, 0.5) is 19.0 Å². The minimum atomic E-state index is -4.64. The zero-order valence-electron chi connectivity index (χ0n) is 22.2. The van der Waals surface area contributed by atoms with Crippen LogP contribution in [-0.2, 0) is 30.4 Å². The molecule has 0 atom stereocenters. The third-order valence-electron chi connectivity index (χ3n) is 6.52. The molecule has 3 aromatic rings. The Morgan fingerprint density at radius 2 is 1.62 bits per heavy atom. The highest BCUT2D eigenvalue weighted by Crippen LogP contribution is 2.36. The van der Waals surface area contributed by atoms with Crippen LogP contribution in [0, 0.1) is 0 Å². The van der Waals surface area contributed by atoms with Gasteiger partial charge in [0.05, 0.1) is 33.2 Å². The molecule has 0 saturated carbocycles. The molecule has 0 spiro atoms. The first kappa shape index (κ1) is 28.3. The lowest BCUT2D eigenvalue weighted by atomic mass is 10.1. The Bertz CT molecular complexity index is 1200. The third kappa shape index (κ3) is 7.24. The molecule has 4 rings (SSSR count). The van der Waals surface area contributed by atoms with Crippen LogP contribution in [0.2, 0.25) is 0 Å². The molecule has 11 heteroatoms. The number of aliphatic imine (C=N–C) groups is 2. The molecule has 0 N–H and O–H groups in total. The van der Waals surface area contributed by atoms with Gasteiger partial charge in [0.15, 0.2) is 5.82 Å². The van der Waals surface area contributed by atoms with Crippen LogP contribution >= 0.6 is 0 Å². The summed E-state index contributed by atoms with van der Waals surface area (Å²) in [6, 6.07) is 15.7. The van der Waals surface area contributed by atoms with Gasteiger partial charge in [-0.05, 0) is 42.0 Å². The van der Waals surface area contributed by atoms with Crippen molar-refractivity contribution in [1.29, 1.82) is 0 Å². The van der Waals surface area contributed by atoms with Crippen molar-refractivity contribution in [3.05, 3.63) is 77.0 Å². The molecule has 0 radical (unpaired) electrons. The van der Waals surface area contributed by atoms with E-state index in [4.69, 9.17) is 14.5 Å². The number of hydrogen-bond donors (Lipinski definition) is 0. The zero-order chi connectivity index (χ0) is 27.8. The maximum atomic E-state index is 13.8. The molecule has 2 aromatic carbocycles. The average molecular weight is 543 g/mol. The van der Waals surface area contributed by atoms with Crippen LogP contribution < -0.4 is 4.74 Å². The number of aromatic nitrogens is 2. The Hall–Kier alpha value is -3.70. The molecule has 0 aliphatic carbocycles. The van der Waals surface area contributed by atoms with Crippen molar-refractivity contribution in [2.45, 2.75) is 32.6 Å². The summed E-state index contributed by atoms with van der Waals surface area (Å²) in [7, 11) is 1.59. The number of hydrogen-bond acceptors (Lipinski definition) is 6. The van der Waals surface area contributed by atoms with Crippen LogP contribution in [0.15, 0.2) is 64.7 Å². The summed E-state index contributed by atoms with van der Waals surface area (Å²) >= 11 is 0. The monoisotopic (exact) mass is 542 g/mol. The number of methoxy groups -OCH3 is 1. The van der Waals surface area contributed by atoms with E-state index < -0.39 is 17.6 Å². The van der Waals surface area contributed by atoms with Gasteiger partial charge < -0.3 is 14.4 Å². The number of aryl methyl sites for hydroxylation is 1. The molecule has 208 valence electrons. The topological polar surface area (TPSA) is 67.5 Å². The summed E-state index contributed by atoms with van der Waals surface area (Å²) in [5.41, 5.74) is 2.14. The van der Waals surface area contributed by atoms with E-state index in [-0.39, 0.29) is 12.6 Å². The summed E-state index contributed by atoms with van der Waals surface area (Å²) in [6.45, 7) is 9.00. The Labute approximate surface area is 226 Å². The van der Waals surface area contributed by atoms with Crippen molar-refractivity contribution in [2.24, 2.45) is 9.98 Å². The molecular weight excluding hydrogens is 509 g/mol. The number of benzene rings is 2. The van der Waals surface area contributed by atoms with E-state index in [9.17, 15) is 13.2 Å². The van der Waals surface area contributed by atoms with E-state index in [1.807, 2.05) is 41.3 Å². The minimum absolute atomic E-state index is 0.245. The smallest absolute Gasteiger partial charge is 0.421 e. The van der Waals surface area contributed by atoms with Crippen LogP contribution in [0.25, 0.3) is 0 Å². The predicted octanol–water partition coefficient (Wildman–Crippen LogP) is 5.00. The van der Waals surface area contributed by atoms with Gasteiger partial charge in [-0.2, -0.15) is 23.0 Å². The first-order valence-corrected chi connectivity index (χ1v) is 12.7. The van der Waals surface area contributed by atoms with E-state index in [2.05, 4.69) is 40.8 Å². The summed E-state index contributed by atoms with van der Waals surface area (Å²) in [5.74, 6) is 0.556. The normalized spacial score (nSPS) is 14.8. The second kappa shape index (κ2) is 12.9. The molecule has 1 aliphatic rings. The number of ether oxygens (including phenoxy) is 2. The molecular formula is C28H33F3N6O2. The average Bonchev–Trinajstić information content (AvgIpc) is 3.39. The highest BCUT2D eigenvalue weighted by molar-refractivity contribution is 5.85. The molecule has 39 heavy (non-hydrogen) atoms. The van der Waals surface area contributed by atoms with Crippen molar-refractivity contribution >= 4 is 18.5 Å². The minimum Gasteiger partial charge on any atom is -0.497 e. The quantitative estimate of drug-likeness (QED) is 0.281. The predicted molar refractivity (Wildman–Crippen MR) is 145 cm³/mol. The van der Waals surface area contributed by atoms with Gasteiger partial charge in [0.25, 0.3) is 0 Å². The molecule has 1 aliphatic heterocycles. The standard InChI is InChI=1S/C28H33F3N6O2/c1-4-21-5-7-22(8-6-21)18-36(19-23-9-11-24(38-3)12-10-23)27(33-20-35-13-15-39-16-14-35)37-26(32-2)25(17-34-37)28(29,30)31/h5-12,17H,2,4,13-16,18-20H2,1,3H3. The largest absolute Gasteiger partial charge is 0.497 e. The lowest BCUT2D eigenvalue weighted by Gasteiger charge is -2.29. The molecule has 0 bridgehead atoms. The highest BCUT2D eigenvalue weighted by Gasteiger charge is 2.37. The van der Waals surface area contributed by atoms with Gasteiger partial charge in [0, 0.05) is 26.2 Å². The second-order valence-corrected chi connectivity index (χ2v) is 9.15. The molecule has 1 saturated heterocycles. The van der Waals surface area contributed by atoms with Crippen molar-refractivity contribution in [3.63, 3.8) is 0 Å².